The van der Waals surface area contributed by atoms with Gasteiger partial charge in [-0.05, 0) is 24.3 Å². The molecular weight excluding hydrogens is 246 g/mol. The minimum absolute atomic E-state index is 0.223. The number of ether oxygens (including phenoxy) is 1. The Labute approximate surface area is 98.2 Å². The minimum atomic E-state index is -4.02. The largest absolute Gasteiger partial charge is 0.452 e. The van der Waals surface area contributed by atoms with Crippen LogP contribution in [0.4, 0.5) is 10.5 Å². The van der Waals surface area contributed by atoms with Crippen LogP contribution in [0.2, 0.25) is 0 Å². The summed E-state index contributed by atoms with van der Waals surface area (Å²) < 4.78 is 30.5. The maximum atomic E-state index is 11.3. The second kappa shape index (κ2) is 5.18. The first-order valence-corrected chi connectivity index (χ1v) is 5.84. The average molecular weight is 255 g/mol. The summed E-state index contributed by atoms with van der Waals surface area (Å²) in [7, 11) is -2.97. The van der Waals surface area contributed by atoms with Crippen LogP contribution in [-0.4, -0.2) is 21.6 Å². The van der Waals surface area contributed by atoms with E-state index in [4.69, 9.17) is 5.26 Å². The first-order chi connectivity index (χ1) is 7.96. The normalized spacial score (nSPS) is 10.1. The molecule has 1 amide bonds. The summed E-state index contributed by atoms with van der Waals surface area (Å²) in [5.41, 5.74) is 0.620. The Kier molecular flexibility index (Phi) is 3.90. The Morgan fingerprint density at radius 3 is 2.41 bits per heavy atom. The summed E-state index contributed by atoms with van der Waals surface area (Å²) in [5.74, 6) is 0. The number of nitriles is 1. The highest BCUT2D eigenvalue weighted by molar-refractivity contribution is 7.91. The molecule has 17 heavy (non-hydrogen) atoms. The minimum Gasteiger partial charge on any atom is -0.452 e. The van der Waals surface area contributed by atoms with E-state index in [9.17, 15) is 13.2 Å². The number of anilines is 1. The lowest BCUT2D eigenvalue weighted by atomic mass is 10.2. The Bertz CT molecular complexity index is 545. The van der Waals surface area contributed by atoms with Gasteiger partial charge in [0.15, 0.2) is 0 Å². The van der Waals surface area contributed by atoms with E-state index in [1.807, 2.05) is 6.07 Å². The van der Waals surface area contributed by atoms with E-state index in [-0.39, 0.29) is 5.69 Å². The van der Waals surface area contributed by atoms with Gasteiger partial charge in [0.25, 0.3) is 0 Å². The molecule has 0 spiro atoms. The fraction of sp³-hybridized carbons (Fsp3) is 0.111. The van der Waals surface area contributed by atoms with Crippen molar-refractivity contribution in [1.82, 2.24) is 4.72 Å². The standard InChI is InChI=1S/C9H9N3O4S/c1-16-9(13)12-17(14,15)11-8-4-2-7(6-10)3-5-8/h2-5,11H,1H3,(H,12,13). The van der Waals surface area contributed by atoms with Gasteiger partial charge in [-0.3, -0.25) is 4.72 Å². The van der Waals surface area contributed by atoms with E-state index in [0.29, 0.717) is 5.56 Å². The van der Waals surface area contributed by atoms with Crippen molar-refractivity contribution in [2.24, 2.45) is 0 Å². The zero-order valence-electron chi connectivity index (χ0n) is 8.80. The van der Waals surface area contributed by atoms with Crippen LogP contribution >= 0.6 is 0 Å². The van der Waals surface area contributed by atoms with Gasteiger partial charge in [-0.2, -0.15) is 13.7 Å². The number of amides is 1. The molecule has 0 saturated carbocycles. The fourth-order valence-corrected chi connectivity index (χ4v) is 1.75. The molecule has 0 unspecified atom stereocenters. The highest BCUT2D eigenvalue weighted by Gasteiger charge is 2.13. The van der Waals surface area contributed by atoms with Gasteiger partial charge in [-0.25, -0.2) is 9.52 Å². The number of methoxy groups -OCH3 is 1. The second-order valence-electron chi connectivity index (χ2n) is 2.89. The molecular formula is C9H9N3O4S. The summed E-state index contributed by atoms with van der Waals surface area (Å²) in [4.78, 5) is 10.7. The summed E-state index contributed by atoms with van der Waals surface area (Å²) in [5, 5.41) is 8.55. The third-order valence-corrected chi connectivity index (χ3v) is 2.61. The molecule has 0 radical (unpaired) electrons. The third-order valence-electron chi connectivity index (χ3n) is 1.67. The Morgan fingerprint density at radius 1 is 1.35 bits per heavy atom. The Balaban J connectivity index is 2.77. The van der Waals surface area contributed by atoms with Crippen LogP contribution in [0, 0.1) is 11.3 Å². The molecule has 0 fully saturated rings. The van der Waals surface area contributed by atoms with Crippen LogP contribution in [-0.2, 0) is 14.9 Å². The van der Waals surface area contributed by atoms with Crippen molar-refractivity contribution in [2.75, 3.05) is 11.8 Å². The molecule has 0 aromatic heterocycles. The van der Waals surface area contributed by atoms with Gasteiger partial charge in [-0.15, -0.1) is 0 Å². The van der Waals surface area contributed by atoms with Gasteiger partial charge in [0.2, 0.25) is 0 Å². The maximum Gasteiger partial charge on any atom is 0.422 e. The van der Waals surface area contributed by atoms with Gasteiger partial charge in [0.05, 0.1) is 24.4 Å². The van der Waals surface area contributed by atoms with Gasteiger partial charge in [-0.1, -0.05) is 0 Å². The zero-order chi connectivity index (χ0) is 12.9. The molecule has 0 aliphatic carbocycles. The predicted molar refractivity (Wildman–Crippen MR) is 59.2 cm³/mol. The first-order valence-electron chi connectivity index (χ1n) is 4.35. The topological polar surface area (TPSA) is 108 Å². The van der Waals surface area contributed by atoms with Crippen molar-refractivity contribution in [2.45, 2.75) is 0 Å². The third kappa shape index (κ3) is 4.00. The maximum absolute atomic E-state index is 11.3. The van der Waals surface area contributed by atoms with Gasteiger partial charge >= 0.3 is 16.3 Å². The number of nitrogens with one attached hydrogen (secondary N) is 2. The number of hydrogen-bond donors (Lipinski definition) is 2. The number of nitrogens with zero attached hydrogens (tertiary/aromatic N) is 1. The number of benzene rings is 1. The molecule has 1 aromatic carbocycles. The molecule has 7 nitrogen and oxygen atoms in total. The fourth-order valence-electron chi connectivity index (χ4n) is 0.945. The highest BCUT2D eigenvalue weighted by Crippen LogP contribution is 2.09. The second-order valence-corrected chi connectivity index (χ2v) is 4.30. The Morgan fingerprint density at radius 2 is 1.94 bits per heavy atom. The van der Waals surface area contributed by atoms with Crippen molar-refractivity contribution in [1.29, 1.82) is 5.26 Å². The molecule has 1 aromatic rings. The van der Waals surface area contributed by atoms with Crippen LogP contribution in [0.3, 0.4) is 0 Å². The smallest absolute Gasteiger partial charge is 0.422 e. The van der Waals surface area contributed by atoms with E-state index in [0.717, 1.165) is 7.11 Å². The quantitative estimate of drug-likeness (QED) is 0.820. The van der Waals surface area contributed by atoms with Crippen LogP contribution in [0.5, 0.6) is 0 Å². The van der Waals surface area contributed by atoms with Crippen molar-refractivity contribution in [3.63, 3.8) is 0 Å². The van der Waals surface area contributed by atoms with Crippen LogP contribution in [0.25, 0.3) is 0 Å². The van der Waals surface area contributed by atoms with Gasteiger partial charge in [0, 0.05) is 0 Å². The number of carbonyl (C=O) groups is 1. The number of hydrogen-bond acceptors (Lipinski definition) is 5. The SMILES string of the molecule is COC(=O)NS(=O)(=O)Nc1ccc(C#N)cc1. The molecule has 90 valence electrons. The highest BCUT2D eigenvalue weighted by atomic mass is 32.2. The van der Waals surface area contributed by atoms with Crippen molar-refractivity contribution in [3.8, 4) is 6.07 Å². The molecule has 0 saturated heterocycles. The molecule has 0 aliphatic heterocycles. The molecule has 0 heterocycles. The Hall–Kier alpha value is -2.27. The number of rotatable bonds is 3. The summed E-state index contributed by atoms with van der Waals surface area (Å²) >= 11 is 0. The first kappa shape index (κ1) is 12.8. The van der Waals surface area contributed by atoms with Crippen molar-refractivity contribution in [3.05, 3.63) is 29.8 Å². The lowest BCUT2D eigenvalue weighted by molar-refractivity contribution is 0.177. The predicted octanol–water partition coefficient (Wildman–Crippen LogP) is 0.571. The van der Waals surface area contributed by atoms with Gasteiger partial charge < -0.3 is 4.74 Å². The van der Waals surface area contributed by atoms with Crippen LogP contribution in [0.1, 0.15) is 5.56 Å². The van der Waals surface area contributed by atoms with Crippen LogP contribution < -0.4 is 9.44 Å². The van der Waals surface area contributed by atoms with E-state index in [1.165, 1.54) is 24.3 Å². The molecule has 2 N–H and O–H groups in total. The van der Waals surface area contributed by atoms with Crippen molar-refractivity contribution >= 4 is 22.0 Å². The van der Waals surface area contributed by atoms with E-state index < -0.39 is 16.3 Å². The number of carbonyl (C=O) groups excluding carboxylic acids is 1. The molecule has 0 bridgehead atoms. The van der Waals surface area contributed by atoms with E-state index in [2.05, 4.69) is 9.46 Å². The van der Waals surface area contributed by atoms with E-state index in [1.54, 1.807) is 4.72 Å². The summed E-state index contributed by atoms with van der Waals surface area (Å²) in [6.07, 6.45) is -1.09. The summed E-state index contributed by atoms with van der Waals surface area (Å²) in [6, 6.07) is 7.57. The zero-order valence-corrected chi connectivity index (χ0v) is 9.61. The lowest BCUT2D eigenvalue weighted by Gasteiger charge is -2.08. The molecule has 0 aliphatic rings. The van der Waals surface area contributed by atoms with Crippen molar-refractivity contribution < 1.29 is 17.9 Å². The van der Waals surface area contributed by atoms with Crippen LogP contribution in [0.15, 0.2) is 24.3 Å². The molecule has 8 heteroatoms. The average Bonchev–Trinajstić information content (AvgIpc) is 2.28. The van der Waals surface area contributed by atoms with Gasteiger partial charge in [0.1, 0.15) is 0 Å². The molecule has 0 atom stereocenters. The summed E-state index contributed by atoms with van der Waals surface area (Å²) in [6.45, 7) is 0. The van der Waals surface area contributed by atoms with E-state index >= 15 is 0 Å². The molecule has 1 rings (SSSR count). The monoisotopic (exact) mass is 255 g/mol. The lowest BCUT2D eigenvalue weighted by Crippen LogP contribution is -2.35.